The molecule has 3 heteroatoms. The molecule has 1 aromatic carbocycles. The Kier molecular flexibility index (Phi) is 3.32. The number of pyridine rings is 1. The van der Waals surface area contributed by atoms with Gasteiger partial charge in [-0.1, -0.05) is 39.0 Å². The van der Waals surface area contributed by atoms with Gasteiger partial charge in [-0.3, -0.25) is 10.4 Å². The van der Waals surface area contributed by atoms with Crippen LogP contribution in [0.15, 0.2) is 41.6 Å². The summed E-state index contributed by atoms with van der Waals surface area (Å²) in [5.74, 6) is 0. The second-order valence-electron chi connectivity index (χ2n) is 5.44. The Bertz CT molecular complexity index is 574. The van der Waals surface area contributed by atoms with Crippen LogP contribution in [0.2, 0.25) is 0 Å². The Morgan fingerprint density at radius 1 is 1.17 bits per heavy atom. The maximum absolute atomic E-state index is 4.44. The van der Waals surface area contributed by atoms with Gasteiger partial charge in [0.15, 0.2) is 0 Å². The largest absolute Gasteiger partial charge is 0.276 e. The predicted molar refractivity (Wildman–Crippen MR) is 77.9 cm³/mol. The van der Waals surface area contributed by atoms with Crippen molar-refractivity contribution in [2.75, 3.05) is 5.43 Å². The molecule has 0 radical (unpaired) electrons. The van der Waals surface area contributed by atoms with E-state index in [1.54, 1.807) is 6.20 Å². The van der Waals surface area contributed by atoms with E-state index in [0.29, 0.717) is 0 Å². The fourth-order valence-electron chi connectivity index (χ4n) is 1.51. The monoisotopic (exact) mass is 241 g/mol. The zero-order valence-electron chi connectivity index (χ0n) is 11.4. The maximum Gasteiger partial charge on any atom is 0.0951 e. The van der Waals surface area contributed by atoms with Gasteiger partial charge in [-0.15, -0.1) is 0 Å². The Morgan fingerprint density at radius 2 is 1.89 bits per heavy atom. The van der Waals surface area contributed by atoms with Crippen molar-refractivity contribution < 1.29 is 0 Å². The first kappa shape index (κ1) is 12.6. The van der Waals surface area contributed by atoms with E-state index in [-0.39, 0.29) is 5.41 Å². The normalized spacial score (nSPS) is 12.8. The van der Waals surface area contributed by atoms with Gasteiger partial charge in [-0.05, 0) is 19.1 Å². The number of nitrogens with one attached hydrogen (secondary N) is 1. The molecule has 1 N–H and O–H groups in total. The lowest BCUT2D eigenvalue weighted by Gasteiger charge is -2.18. The molecular formula is C15H19N3. The molecule has 0 saturated heterocycles. The van der Waals surface area contributed by atoms with Crippen LogP contribution in [-0.2, 0) is 0 Å². The highest BCUT2D eigenvalue weighted by Crippen LogP contribution is 2.21. The molecule has 94 valence electrons. The number of hydrazone groups is 1. The second-order valence-corrected chi connectivity index (χ2v) is 5.44. The van der Waals surface area contributed by atoms with Gasteiger partial charge in [-0.2, -0.15) is 5.10 Å². The third-order valence-corrected chi connectivity index (χ3v) is 3.06. The number of hydrogen-bond donors (Lipinski definition) is 1. The van der Waals surface area contributed by atoms with Gasteiger partial charge in [0.2, 0.25) is 0 Å². The van der Waals surface area contributed by atoms with Gasteiger partial charge in [0.25, 0.3) is 0 Å². The number of nitrogens with zero attached hydrogens (tertiary/aromatic N) is 2. The lowest BCUT2D eigenvalue weighted by atomic mass is 9.91. The van der Waals surface area contributed by atoms with Crippen molar-refractivity contribution in [3.05, 3.63) is 36.5 Å². The Balaban J connectivity index is 2.33. The van der Waals surface area contributed by atoms with Crippen molar-refractivity contribution in [3.8, 4) is 0 Å². The van der Waals surface area contributed by atoms with E-state index < -0.39 is 0 Å². The summed E-state index contributed by atoms with van der Waals surface area (Å²) >= 11 is 0. The van der Waals surface area contributed by atoms with Gasteiger partial charge in [-0.25, -0.2) is 0 Å². The van der Waals surface area contributed by atoms with Crippen molar-refractivity contribution in [3.63, 3.8) is 0 Å². The van der Waals surface area contributed by atoms with Crippen LogP contribution in [0.3, 0.4) is 0 Å². The molecule has 1 aromatic heterocycles. The van der Waals surface area contributed by atoms with Gasteiger partial charge < -0.3 is 0 Å². The van der Waals surface area contributed by atoms with Crippen molar-refractivity contribution in [1.82, 2.24) is 4.98 Å². The molecule has 1 heterocycles. The molecule has 0 saturated carbocycles. The van der Waals surface area contributed by atoms with E-state index in [0.717, 1.165) is 22.3 Å². The summed E-state index contributed by atoms with van der Waals surface area (Å²) in [5, 5.41) is 5.56. The molecule has 0 aliphatic heterocycles. The quantitative estimate of drug-likeness (QED) is 0.635. The predicted octanol–water partition coefficient (Wildman–Crippen LogP) is 4.07. The van der Waals surface area contributed by atoms with Crippen LogP contribution in [0.25, 0.3) is 10.9 Å². The first-order valence-electron chi connectivity index (χ1n) is 6.13. The van der Waals surface area contributed by atoms with E-state index in [2.05, 4.69) is 36.3 Å². The van der Waals surface area contributed by atoms with E-state index in [1.165, 1.54) is 0 Å². The van der Waals surface area contributed by atoms with Crippen molar-refractivity contribution >= 4 is 22.3 Å². The molecule has 18 heavy (non-hydrogen) atoms. The number of para-hydroxylation sites is 1. The molecule has 0 aliphatic rings. The van der Waals surface area contributed by atoms with Gasteiger partial charge in [0.1, 0.15) is 0 Å². The number of fused-ring (bicyclic) bond motifs is 1. The lowest BCUT2D eigenvalue weighted by molar-refractivity contribution is 0.587. The molecule has 0 spiro atoms. The smallest absolute Gasteiger partial charge is 0.0951 e. The number of rotatable bonds is 2. The van der Waals surface area contributed by atoms with Crippen LogP contribution in [0, 0.1) is 5.41 Å². The first-order chi connectivity index (χ1) is 8.48. The number of hydrogen-bond acceptors (Lipinski definition) is 3. The minimum atomic E-state index is 0.0744. The molecule has 2 aromatic rings. The zero-order valence-corrected chi connectivity index (χ0v) is 11.4. The fraction of sp³-hybridized carbons (Fsp3) is 0.333. The Morgan fingerprint density at radius 3 is 2.61 bits per heavy atom. The standard InChI is InChI=1S/C15H19N3/c1-11(15(2,3)4)17-18-13-9-5-7-12-8-6-10-16-14(12)13/h5-10,18H,1-4H3/b17-11+. The summed E-state index contributed by atoms with van der Waals surface area (Å²) in [6.07, 6.45) is 1.80. The average Bonchev–Trinajstić information content (AvgIpc) is 2.34. The number of benzene rings is 1. The third kappa shape index (κ3) is 2.67. The Labute approximate surface area is 108 Å². The van der Waals surface area contributed by atoms with Crippen LogP contribution < -0.4 is 5.43 Å². The number of anilines is 1. The van der Waals surface area contributed by atoms with Crippen LogP contribution in [0.1, 0.15) is 27.7 Å². The minimum Gasteiger partial charge on any atom is -0.276 e. The van der Waals surface area contributed by atoms with E-state index in [9.17, 15) is 0 Å². The maximum atomic E-state index is 4.44. The van der Waals surface area contributed by atoms with Crippen molar-refractivity contribution in [2.45, 2.75) is 27.7 Å². The summed E-state index contributed by atoms with van der Waals surface area (Å²) in [4.78, 5) is 4.39. The van der Waals surface area contributed by atoms with E-state index in [1.807, 2.05) is 37.3 Å². The van der Waals surface area contributed by atoms with Crippen molar-refractivity contribution in [2.24, 2.45) is 10.5 Å². The highest BCUT2D eigenvalue weighted by molar-refractivity contribution is 5.92. The third-order valence-electron chi connectivity index (χ3n) is 3.06. The summed E-state index contributed by atoms with van der Waals surface area (Å²) in [7, 11) is 0. The first-order valence-corrected chi connectivity index (χ1v) is 6.13. The van der Waals surface area contributed by atoms with Crippen molar-refractivity contribution in [1.29, 1.82) is 0 Å². The van der Waals surface area contributed by atoms with E-state index in [4.69, 9.17) is 0 Å². The molecule has 0 fully saturated rings. The van der Waals surface area contributed by atoms with Crippen LogP contribution in [0.5, 0.6) is 0 Å². The molecular weight excluding hydrogens is 222 g/mol. The summed E-state index contributed by atoms with van der Waals surface area (Å²) < 4.78 is 0. The summed E-state index contributed by atoms with van der Waals surface area (Å²) in [5.41, 5.74) is 6.15. The highest BCUT2D eigenvalue weighted by atomic mass is 15.3. The van der Waals surface area contributed by atoms with Crippen LogP contribution in [-0.4, -0.2) is 10.7 Å². The fourth-order valence-corrected chi connectivity index (χ4v) is 1.51. The molecule has 0 bridgehead atoms. The number of aromatic nitrogens is 1. The second kappa shape index (κ2) is 4.77. The topological polar surface area (TPSA) is 37.3 Å². The van der Waals surface area contributed by atoms with Gasteiger partial charge in [0.05, 0.1) is 11.2 Å². The molecule has 0 atom stereocenters. The molecule has 3 nitrogen and oxygen atoms in total. The molecule has 2 rings (SSSR count). The summed E-state index contributed by atoms with van der Waals surface area (Å²) in [6, 6.07) is 10.0. The molecule has 0 unspecified atom stereocenters. The lowest BCUT2D eigenvalue weighted by Crippen LogP contribution is -2.18. The minimum absolute atomic E-state index is 0.0744. The van der Waals surface area contributed by atoms with Gasteiger partial charge >= 0.3 is 0 Å². The van der Waals surface area contributed by atoms with E-state index >= 15 is 0 Å². The van der Waals surface area contributed by atoms with Gasteiger partial charge in [0, 0.05) is 22.7 Å². The molecule has 0 aliphatic carbocycles. The van der Waals surface area contributed by atoms with Crippen LogP contribution in [0.4, 0.5) is 5.69 Å². The Hall–Kier alpha value is -1.90. The summed E-state index contributed by atoms with van der Waals surface area (Å²) in [6.45, 7) is 8.48. The van der Waals surface area contributed by atoms with Crippen LogP contribution >= 0.6 is 0 Å². The highest BCUT2D eigenvalue weighted by Gasteiger charge is 2.14. The molecule has 0 amide bonds. The average molecular weight is 241 g/mol. The SMILES string of the molecule is C/C(=N\Nc1cccc2cccnc12)C(C)(C)C. The zero-order chi connectivity index (χ0) is 13.2.